The van der Waals surface area contributed by atoms with Crippen molar-refractivity contribution in [2.24, 2.45) is 5.92 Å². The van der Waals surface area contributed by atoms with Crippen molar-refractivity contribution in [1.29, 1.82) is 0 Å². The van der Waals surface area contributed by atoms with Crippen molar-refractivity contribution >= 4 is 17.4 Å². The van der Waals surface area contributed by atoms with Crippen molar-refractivity contribution < 1.29 is 9.90 Å². The zero-order valence-corrected chi connectivity index (χ0v) is 13.4. The van der Waals surface area contributed by atoms with Crippen LogP contribution in [0.4, 0.5) is 11.5 Å². The van der Waals surface area contributed by atoms with E-state index < -0.39 is 0 Å². The number of nitrogens with zero attached hydrogens (tertiary/aromatic N) is 2. The molecular weight excluding hydrogens is 292 g/mol. The van der Waals surface area contributed by atoms with Crippen LogP contribution in [0.1, 0.15) is 30.6 Å². The molecule has 0 radical (unpaired) electrons. The first kappa shape index (κ1) is 16.9. The highest BCUT2D eigenvalue weighted by atomic mass is 16.3. The summed E-state index contributed by atoms with van der Waals surface area (Å²) >= 11 is 0. The number of anilines is 2. The normalized spacial score (nSPS) is 13.2. The highest BCUT2D eigenvalue weighted by molar-refractivity contribution is 5.95. The molecule has 0 bridgehead atoms. The van der Waals surface area contributed by atoms with E-state index in [0.717, 1.165) is 5.69 Å². The van der Waals surface area contributed by atoms with Gasteiger partial charge in [-0.1, -0.05) is 13.0 Å². The molecule has 2 rings (SSSR count). The second kappa shape index (κ2) is 8.24. The number of benzene rings is 1. The molecule has 0 spiro atoms. The van der Waals surface area contributed by atoms with Crippen molar-refractivity contribution in [2.45, 2.75) is 26.4 Å². The first-order chi connectivity index (χ1) is 11.0. The van der Waals surface area contributed by atoms with E-state index in [9.17, 15) is 9.90 Å². The molecule has 122 valence electrons. The molecule has 0 saturated carbocycles. The number of hydrogen-bond donors (Lipinski definition) is 3. The van der Waals surface area contributed by atoms with Gasteiger partial charge in [-0.15, -0.1) is 0 Å². The minimum atomic E-state index is -0.360. The molecule has 0 fully saturated rings. The third kappa shape index (κ3) is 5.67. The first-order valence-electron chi connectivity index (χ1n) is 7.64. The Morgan fingerprint density at radius 2 is 2.13 bits per heavy atom. The lowest BCUT2D eigenvalue weighted by atomic mass is 10.0. The summed E-state index contributed by atoms with van der Waals surface area (Å²) in [5, 5.41) is 15.3. The van der Waals surface area contributed by atoms with Crippen LogP contribution in [0.5, 0.6) is 0 Å². The highest BCUT2D eigenvalue weighted by Crippen LogP contribution is 2.15. The fourth-order valence-electron chi connectivity index (χ4n) is 2.28. The number of rotatable bonds is 7. The van der Waals surface area contributed by atoms with Gasteiger partial charge in [0.15, 0.2) is 0 Å². The predicted molar refractivity (Wildman–Crippen MR) is 89.6 cm³/mol. The van der Waals surface area contributed by atoms with E-state index in [0.29, 0.717) is 24.3 Å². The summed E-state index contributed by atoms with van der Waals surface area (Å²) in [7, 11) is 0. The van der Waals surface area contributed by atoms with Gasteiger partial charge in [-0.3, -0.25) is 9.78 Å². The minimum Gasteiger partial charge on any atom is -0.393 e. The van der Waals surface area contributed by atoms with Crippen LogP contribution in [0.3, 0.4) is 0 Å². The van der Waals surface area contributed by atoms with E-state index in [2.05, 4.69) is 20.6 Å². The van der Waals surface area contributed by atoms with Gasteiger partial charge < -0.3 is 15.7 Å². The van der Waals surface area contributed by atoms with Gasteiger partial charge in [-0.25, -0.2) is 4.98 Å². The molecule has 0 aliphatic heterocycles. The standard InChI is InChI=1S/C17H22N4O2/c1-12(8-13(2)22)10-20-17(23)14-4-3-5-15(9-14)21-16-11-18-6-7-19-16/h3-7,9,11-13,22H,8,10H2,1-2H3,(H,19,21)(H,20,23). The molecule has 0 aliphatic rings. The van der Waals surface area contributed by atoms with Crippen molar-refractivity contribution in [3.05, 3.63) is 48.4 Å². The third-order valence-electron chi connectivity index (χ3n) is 3.31. The molecule has 6 heteroatoms. The summed E-state index contributed by atoms with van der Waals surface area (Å²) in [5.41, 5.74) is 1.35. The number of aromatic nitrogens is 2. The second-order valence-electron chi connectivity index (χ2n) is 5.70. The Morgan fingerprint density at radius 1 is 1.30 bits per heavy atom. The van der Waals surface area contributed by atoms with Gasteiger partial charge >= 0.3 is 0 Å². The summed E-state index contributed by atoms with van der Waals surface area (Å²) in [4.78, 5) is 20.3. The fraction of sp³-hybridized carbons (Fsp3) is 0.353. The number of nitrogens with one attached hydrogen (secondary N) is 2. The number of carbonyl (C=O) groups is 1. The summed E-state index contributed by atoms with van der Waals surface area (Å²) < 4.78 is 0. The molecule has 23 heavy (non-hydrogen) atoms. The maximum atomic E-state index is 12.2. The molecule has 1 aromatic carbocycles. The zero-order valence-electron chi connectivity index (χ0n) is 13.4. The Labute approximate surface area is 136 Å². The number of aliphatic hydroxyl groups is 1. The number of carbonyl (C=O) groups excluding carboxylic acids is 1. The van der Waals surface area contributed by atoms with Crippen LogP contribution in [0, 0.1) is 5.92 Å². The molecule has 2 atom stereocenters. The van der Waals surface area contributed by atoms with E-state index in [1.807, 2.05) is 19.1 Å². The van der Waals surface area contributed by atoms with Crippen molar-refractivity contribution in [2.75, 3.05) is 11.9 Å². The average molecular weight is 314 g/mol. The monoisotopic (exact) mass is 314 g/mol. The second-order valence-corrected chi connectivity index (χ2v) is 5.70. The van der Waals surface area contributed by atoms with Crippen LogP contribution < -0.4 is 10.6 Å². The number of amides is 1. The quantitative estimate of drug-likeness (QED) is 0.730. The molecule has 2 unspecified atom stereocenters. The van der Waals surface area contributed by atoms with Crippen LogP contribution in [-0.2, 0) is 0 Å². The summed E-state index contributed by atoms with van der Waals surface area (Å²) in [5.74, 6) is 0.709. The van der Waals surface area contributed by atoms with Gasteiger partial charge in [0.2, 0.25) is 0 Å². The Kier molecular flexibility index (Phi) is 6.05. The van der Waals surface area contributed by atoms with Gasteiger partial charge in [0.05, 0.1) is 12.3 Å². The van der Waals surface area contributed by atoms with E-state index in [1.54, 1.807) is 37.6 Å². The molecule has 2 aromatic rings. The Balaban J connectivity index is 1.95. The molecule has 6 nitrogen and oxygen atoms in total. The topological polar surface area (TPSA) is 87.1 Å². The lowest BCUT2D eigenvalue weighted by Crippen LogP contribution is -2.29. The van der Waals surface area contributed by atoms with Crippen molar-refractivity contribution in [1.82, 2.24) is 15.3 Å². The molecule has 1 aromatic heterocycles. The third-order valence-corrected chi connectivity index (χ3v) is 3.31. The van der Waals surface area contributed by atoms with Crippen molar-refractivity contribution in [3.63, 3.8) is 0 Å². The lowest BCUT2D eigenvalue weighted by Gasteiger charge is -2.14. The molecule has 1 amide bonds. The van der Waals surface area contributed by atoms with Crippen LogP contribution in [0.2, 0.25) is 0 Å². The fourth-order valence-corrected chi connectivity index (χ4v) is 2.28. The van der Waals surface area contributed by atoms with Crippen LogP contribution in [0.15, 0.2) is 42.9 Å². The summed E-state index contributed by atoms with van der Waals surface area (Å²) in [6.07, 6.45) is 5.12. The van der Waals surface area contributed by atoms with Crippen molar-refractivity contribution in [3.8, 4) is 0 Å². The molecular formula is C17H22N4O2. The highest BCUT2D eigenvalue weighted by Gasteiger charge is 2.10. The molecule has 0 saturated heterocycles. The Morgan fingerprint density at radius 3 is 2.83 bits per heavy atom. The van der Waals surface area contributed by atoms with Crippen LogP contribution >= 0.6 is 0 Å². The Bertz CT molecular complexity index is 632. The maximum Gasteiger partial charge on any atom is 0.251 e. The predicted octanol–water partition coefficient (Wildman–Crippen LogP) is 2.36. The van der Waals surface area contributed by atoms with Gasteiger partial charge in [-0.2, -0.15) is 0 Å². The van der Waals surface area contributed by atoms with Gasteiger partial charge in [0.25, 0.3) is 5.91 Å². The van der Waals surface area contributed by atoms with Gasteiger partial charge in [0.1, 0.15) is 5.82 Å². The summed E-state index contributed by atoms with van der Waals surface area (Å²) in [6.45, 7) is 4.28. The molecule has 0 aliphatic carbocycles. The van der Waals surface area contributed by atoms with E-state index in [1.165, 1.54) is 0 Å². The smallest absolute Gasteiger partial charge is 0.251 e. The van der Waals surface area contributed by atoms with Crippen LogP contribution in [-0.4, -0.2) is 33.6 Å². The van der Waals surface area contributed by atoms with E-state index >= 15 is 0 Å². The number of hydrogen-bond acceptors (Lipinski definition) is 5. The van der Waals surface area contributed by atoms with Gasteiger partial charge in [-0.05, 0) is 37.5 Å². The van der Waals surface area contributed by atoms with E-state index in [-0.39, 0.29) is 17.9 Å². The average Bonchev–Trinajstić information content (AvgIpc) is 2.53. The van der Waals surface area contributed by atoms with Gasteiger partial charge in [0, 0.05) is 30.2 Å². The molecule has 1 heterocycles. The SMILES string of the molecule is CC(O)CC(C)CNC(=O)c1cccc(Nc2cnccn2)c1. The molecule has 3 N–H and O–H groups in total. The maximum absolute atomic E-state index is 12.2. The first-order valence-corrected chi connectivity index (χ1v) is 7.64. The van der Waals surface area contributed by atoms with E-state index in [4.69, 9.17) is 0 Å². The Hall–Kier alpha value is -2.47. The van der Waals surface area contributed by atoms with Crippen LogP contribution in [0.25, 0.3) is 0 Å². The minimum absolute atomic E-state index is 0.134. The number of aliphatic hydroxyl groups excluding tert-OH is 1. The zero-order chi connectivity index (χ0) is 16.7. The summed E-state index contributed by atoms with van der Waals surface area (Å²) in [6, 6.07) is 7.20. The lowest BCUT2D eigenvalue weighted by molar-refractivity contribution is 0.0939. The largest absolute Gasteiger partial charge is 0.393 e.